The van der Waals surface area contributed by atoms with E-state index >= 15 is 0 Å². The summed E-state index contributed by atoms with van der Waals surface area (Å²) in [5, 5.41) is 0. The van der Waals surface area contributed by atoms with Crippen molar-refractivity contribution in [1.29, 1.82) is 0 Å². The molecule has 0 aliphatic heterocycles. The van der Waals surface area contributed by atoms with E-state index in [4.69, 9.17) is 5.84 Å². The van der Waals surface area contributed by atoms with Crippen LogP contribution in [0, 0.1) is 0 Å². The predicted molar refractivity (Wildman–Crippen MR) is 77.0 cm³/mol. The van der Waals surface area contributed by atoms with Crippen LogP contribution in [0.2, 0.25) is 0 Å². The highest BCUT2D eigenvalue weighted by atomic mass is 32.1. The SMILES string of the molecule is NNC(c1cccc(C(F)(F)F)c1)c1cc2c(s1)CCC2. The highest BCUT2D eigenvalue weighted by Crippen LogP contribution is 2.37. The molecule has 21 heavy (non-hydrogen) atoms. The number of alkyl halides is 3. The topological polar surface area (TPSA) is 38.0 Å². The first-order valence-electron chi connectivity index (χ1n) is 6.74. The molecule has 0 spiro atoms. The van der Waals surface area contributed by atoms with Gasteiger partial charge in [0.25, 0.3) is 0 Å². The van der Waals surface area contributed by atoms with E-state index in [1.165, 1.54) is 16.5 Å². The van der Waals surface area contributed by atoms with Crippen LogP contribution in [0.4, 0.5) is 13.2 Å². The molecular formula is C15H15F3N2S. The van der Waals surface area contributed by atoms with Crippen LogP contribution in [0.15, 0.2) is 30.3 Å². The average Bonchev–Trinajstić information content (AvgIpc) is 3.00. The molecule has 0 saturated carbocycles. The van der Waals surface area contributed by atoms with Gasteiger partial charge >= 0.3 is 6.18 Å². The summed E-state index contributed by atoms with van der Waals surface area (Å²) >= 11 is 1.64. The number of hydrogen-bond donors (Lipinski definition) is 2. The molecule has 1 heterocycles. The molecule has 2 nitrogen and oxygen atoms in total. The summed E-state index contributed by atoms with van der Waals surface area (Å²) < 4.78 is 38.5. The lowest BCUT2D eigenvalue weighted by atomic mass is 10.0. The molecule has 0 bridgehead atoms. The van der Waals surface area contributed by atoms with E-state index < -0.39 is 17.8 Å². The van der Waals surface area contributed by atoms with Gasteiger partial charge in [-0.05, 0) is 48.6 Å². The van der Waals surface area contributed by atoms with Gasteiger partial charge in [-0.1, -0.05) is 12.1 Å². The maximum atomic E-state index is 12.8. The first-order chi connectivity index (χ1) is 9.99. The maximum absolute atomic E-state index is 12.8. The first-order valence-corrected chi connectivity index (χ1v) is 7.55. The summed E-state index contributed by atoms with van der Waals surface area (Å²) in [6, 6.07) is 7.00. The Balaban J connectivity index is 1.96. The van der Waals surface area contributed by atoms with Crippen LogP contribution in [0.3, 0.4) is 0 Å². The molecule has 1 unspecified atom stereocenters. The summed E-state index contributed by atoms with van der Waals surface area (Å²) in [6.45, 7) is 0. The summed E-state index contributed by atoms with van der Waals surface area (Å²) in [4.78, 5) is 2.30. The Morgan fingerprint density at radius 2 is 2.00 bits per heavy atom. The maximum Gasteiger partial charge on any atom is 0.416 e. The number of aryl methyl sites for hydroxylation is 2. The molecule has 3 rings (SSSR count). The van der Waals surface area contributed by atoms with Gasteiger partial charge in [0.05, 0.1) is 11.6 Å². The van der Waals surface area contributed by atoms with Crippen LogP contribution >= 0.6 is 11.3 Å². The molecule has 3 N–H and O–H groups in total. The van der Waals surface area contributed by atoms with Crippen LogP contribution in [-0.2, 0) is 19.0 Å². The van der Waals surface area contributed by atoms with E-state index in [1.54, 1.807) is 17.4 Å². The number of rotatable bonds is 3. The average molecular weight is 312 g/mol. The predicted octanol–water partition coefficient (Wildman–Crippen LogP) is 3.81. The normalized spacial score (nSPS) is 16.0. The summed E-state index contributed by atoms with van der Waals surface area (Å²) in [5.74, 6) is 5.59. The van der Waals surface area contributed by atoms with E-state index in [-0.39, 0.29) is 0 Å². The van der Waals surface area contributed by atoms with Crippen LogP contribution in [0.1, 0.15) is 38.9 Å². The van der Waals surface area contributed by atoms with Gasteiger partial charge in [0.2, 0.25) is 0 Å². The van der Waals surface area contributed by atoms with Gasteiger partial charge in [-0.15, -0.1) is 11.3 Å². The first kappa shape index (κ1) is 14.6. The molecule has 1 atom stereocenters. The number of nitrogens with one attached hydrogen (secondary N) is 1. The molecular weight excluding hydrogens is 297 g/mol. The quantitative estimate of drug-likeness (QED) is 0.668. The van der Waals surface area contributed by atoms with E-state index in [0.717, 1.165) is 36.3 Å². The van der Waals surface area contributed by atoms with Crippen molar-refractivity contribution in [2.75, 3.05) is 0 Å². The van der Waals surface area contributed by atoms with Crippen molar-refractivity contribution in [3.8, 4) is 0 Å². The Morgan fingerprint density at radius 3 is 2.67 bits per heavy atom. The number of fused-ring (bicyclic) bond motifs is 1. The standard InChI is InChI=1S/C15H15F3N2S/c16-15(17,18)11-5-1-4-10(7-11)14(20-19)13-8-9-3-2-6-12(9)21-13/h1,4-5,7-8,14,20H,2-3,6,19H2. The third-order valence-electron chi connectivity index (χ3n) is 3.76. The minimum atomic E-state index is -4.34. The number of benzene rings is 1. The Labute approximate surface area is 124 Å². The molecule has 2 aromatic rings. The molecule has 1 aliphatic carbocycles. The lowest BCUT2D eigenvalue weighted by Gasteiger charge is -2.17. The molecule has 6 heteroatoms. The molecule has 0 saturated heterocycles. The second-order valence-corrected chi connectivity index (χ2v) is 6.34. The number of nitrogens with two attached hydrogens (primary N) is 1. The highest BCUT2D eigenvalue weighted by Gasteiger charge is 2.31. The van der Waals surface area contributed by atoms with Gasteiger partial charge in [0.1, 0.15) is 0 Å². The Hall–Kier alpha value is -1.37. The fourth-order valence-electron chi connectivity index (χ4n) is 2.73. The van der Waals surface area contributed by atoms with Gasteiger partial charge in [-0.25, -0.2) is 5.43 Å². The molecule has 112 valence electrons. The molecule has 0 fully saturated rings. The van der Waals surface area contributed by atoms with Crippen molar-refractivity contribution in [3.05, 3.63) is 56.8 Å². The zero-order valence-electron chi connectivity index (χ0n) is 11.2. The zero-order valence-corrected chi connectivity index (χ0v) is 12.0. The van der Waals surface area contributed by atoms with Crippen molar-refractivity contribution in [3.63, 3.8) is 0 Å². The van der Waals surface area contributed by atoms with Crippen LogP contribution in [0.5, 0.6) is 0 Å². The molecule has 1 aromatic heterocycles. The van der Waals surface area contributed by atoms with Gasteiger partial charge in [0, 0.05) is 9.75 Å². The van der Waals surface area contributed by atoms with Gasteiger partial charge < -0.3 is 0 Å². The Morgan fingerprint density at radius 1 is 1.19 bits per heavy atom. The molecule has 1 aromatic carbocycles. The number of hydrazine groups is 1. The Kier molecular flexibility index (Phi) is 3.77. The van der Waals surface area contributed by atoms with Gasteiger partial charge in [-0.2, -0.15) is 13.2 Å². The molecule has 0 radical (unpaired) electrons. The summed E-state index contributed by atoms with van der Waals surface area (Å²) in [7, 11) is 0. The van der Waals surface area contributed by atoms with Gasteiger partial charge in [-0.3, -0.25) is 5.84 Å². The third kappa shape index (κ3) is 2.84. The fraction of sp³-hybridized carbons (Fsp3) is 0.333. The lowest BCUT2D eigenvalue weighted by molar-refractivity contribution is -0.137. The third-order valence-corrected chi connectivity index (χ3v) is 5.07. The van der Waals surface area contributed by atoms with Crippen molar-refractivity contribution < 1.29 is 13.2 Å². The fourth-order valence-corrected chi connectivity index (χ4v) is 4.08. The zero-order chi connectivity index (χ0) is 15.0. The van der Waals surface area contributed by atoms with Crippen LogP contribution < -0.4 is 11.3 Å². The van der Waals surface area contributed by atoms with Crippen molar-refractivity contribution in [2.24, 2.45) is 5.84 Å². The largest absolute Gasteiger partial charge is 0.416 e. The van der Waals surface area contributed by atoms with E-state index in [0.29, 0.717) is 5.56 Å². The number of halogens is 3. The minimum Gasteiger partial charge on any atom is -0.271 e. The molecule has 1 aliphatic rings. The van der Waals surface area contributed by atoms with E-state index in [2.05, 4.69) is 11.5 Å². The number of hydrogen-bond acceptors (Lipinski definition) is 3. The second-order valence-electron chi connectivity index (χ2n) is 5.17. The van der Waals surface area contributed by atoms with E-state index in [9.17, 15) is 13.2 Å². The number of thiophene rings is 1. The van der Waals surface area contributed by atoms with Crippen LogP contribution in [0.25, 0.3) is 0 Å². The monoisotopic (exact) mass is 312 g/mol. The van der Waals surface area contributed by atoms with E-state index in [1.807, 2.05) is 0 Å². The highest BCUT2D eigenvalue weighted by molar-refractivity contribution is 7.12. The van der Waals surface area contributed by atoms with Crippen molar-refractivity contribution in [1.82, 2.24) is 5.43 Å². The van der Waals surface area contributed by atoms with Crippen LogP contribution in [-0.4, -0.2) is 0 Å². The lowest BCUT2D eigenvalue weighted by Crippen LogP contribution is -2.28. The van der Waals surface area contributed by atoms with Gasteiger partial charge in [0.15, 0.2) is 0 Å². The minimum absolute atomic E-state index is 0.400. The summed E-state index contributed by atoms with van der Waals surface area (Å²) in [5.41, 5.74) is 3.84. The Bertz CT molecular complexity index is 627. The molecule has 0 amide bonds. The smallest absolute Gasteiger partial charge is 0.271 e. The van der Waals surface area contributed by atoms with Crippen molar-refractivity contribution in [2.45, 2.75) is 31.5 Å². The second kappa shape index (κ2) is 5.44. The summed E-state index contributed by atoms with van der Waals surface area (Å²) in [6.07, 6.45) is -1.08. The van der Waals surface area contributed by atoms with Crippen molar-refractivity contribution >= 4 is 11.3 Å².